The Morgan fingerprint density at radius 3 is 2.36 bits per heavy atom. The first kappa shape index (κ1) is 23.1. The summed E-state index contributed by atoms with van der Waals surface area (Å²) in [6.07, 6.45) is 7.70. The van der Waals surface area contributed by atoms with Crippen LogP contribution in [0.15, 0.2) is 53.9 Å². The third kappa shape index (κ3) is 5.52. The predicted molar refractivity (Wildman–Crippen MR) is 110 cm³/mol. The largest absolute Gasteiger partial charge is 0.388 e. The highest BCUT2D eigenvalue weighted by Gasteiger charge is 2.13. The van der Waals surface area contributed by atoms with Crippen molar-refractivity contribution in [2.45, 2.75) is 34.6 Å². The number of nitrogens with one attached hydrogen (secondary N) is 2. The molecule has 0 aliphatic heterocycles. The smallest absolute Gasteiger partial charge is 0.276 e. The van der Waals surface area contributed by atoms with E-state index in [4.69, 9.17) is 10.3 Å². The second-order valence-electron chi connectivity index (χ2n) is 6.49. The third-order valence-electron chi connectivity index (χ3n) is 4.45. The van der Waals surface area contributed by atoms with E-state index in [1.807, 2.05) is 45.0 Å². The highest BCUT2D eigenvalue weighted by Crippen LogP contribution is 2.25. The second-order valence-corrected chi connectivity index (χ2v) is 6.49. The summed E-state index contributed by atoms with van der Waals surface area (Å²) in [5.74, 6) is -0.674. The van der Waals surface area contributed by atoms with Crippen LogP contribution in [0.4, 0.5) is 0 Å². The van der Waals surface area contributed by atoms with E-state index in [1.165, 1.54) is 16.7 Å². The summed E-state index contributed by atoms with van der Waals surface area (Å²) in [5, 5.41) is 17.1. The van der Waals surface area contributed by atoms with Crippen LogP contribution < -0.4 is 5.48 Å². The van der Waals surface area contributed by atoms with Crippen LogP contribution in [0.5, 0.6) is 0 Å². The summed E-state index contributed by atoms with van der Waals surface area (Å²) in [6.45, 7) is 5.66. The van der Waals surface area contributed by atoms with E-state index in [0.29, 0.717) is 12.0 Å². The minimum atomic E-state index is -0.514. The number of aliphatic hydroxyl groups excluding tert-OH is 1. The summed E-state index contributed by atoms with van der Waals surface area (Å²) in [5.41, 5.74) is 8.07. The van der Waals surface area contributed by atoms with Crippen molar-refractivity contribution < 1.29 is 19.9 Å². The zero-order valence-corrected chi connectivity index (χ0v) is 15.7. The lowest BCUT2D eigenvalue weighted by Crippen LogP contribution is -2.18. The monoisotopic (exact) mass is 384 g/mol. The molecule has 4 N–H and O–H groups in total. The number of Topliss-reactive ketones (excluding diaryl/α,β-unsaturated/α-hetero) is 1. The average Bonchev–Trinajstić information content (AvgIpc) is 3.32. The lowest BCUT2D eigenvalue weighted by atomic mass is 10.00. The van der Waals surface area contributed by atoms with Gasteiger partial charge in [-0.1, -0.05) is 43.4 Å². The highest BCUT2D eigenvalue weighted by molar-refractivity contribution is 6.00. The molecular formula is C22H28N2O4. The number of aryl methyl sites for hydroxylation is 2. The molecule has 1 aromatic heterocycles. The normalized spacial score (nSPS) is 12.2. The van der Waals surface area contributed by atoms with Gasteiger partial charge in [-0.05, 0) is 43.9 Å². The van der Waals surface area contributed by atoms with E-state index in [-0.39, 0.29) is 19.8 Å². The number of amides is 1. The number of ketones is 1. The molecule has 0 saturated heterocycles. The Hall–Kier alpha value is -2.96. The Morgan fingerprint density at radius 2 is 1.82 bits per heavy atom. The predicted octanol–water partition coefficient (Wildman–Crippen LogP) is 3.88. The number of rotatable bonds is 4. The maximum absolute atomic E-state index is 11.4. The lowest BCUT2D eigenvalue weighted by Gasteiger charge is -2.05. The van der Waals surface area contributed by atoms with Crippen LogP contribution >= 0.6 is 0 Å². The molecule has 1 aliphatic rings. The van der Waals surface area contributed by atoms with Gasteiger partial charge < -0.3 is 10.1 Å². The van der Waals surface area contributed by atoms with Gasteiger partial charge in [0.2, 0.25) is 0 Å². The van der Waals surface area contributed by atoms with Gasteiger partial charge in [0.15, 0.2) is 5.78 Å². The SMILES string of the molecule is C.CC1=CC=C(C(=O)CO)C1.Cc1ccc(-c2c[nH]cc2C(=O)NO)cc1C. The first-order chi connectivity index (χ1) is 12.9. The van der Waals surface area contributed by atoms with Gasteiger partial charge in [-0.2, -0.15) is 0 Å². The molecule has 1 aromatic carbocycles. The first-order valence-corrected chi connectivity index (χ1v) is 8.56. The zero-order valence-electron chi connectivity index (χ0n) is 15.7. The molecular weight excluding hydrogens is 356 g/mol. The molecule has 3 rings (SSSR count). The minimum Gasteiger partial charge on any atom is -0.388 e. The van der Waals surface area contributed by atoms with Gasteiger partial charge in [0.05, 0.1) is 5.56 Å². The highest BCUT2D eigenvalue weighted by atomic mass is 16.5. The van der Waals surface area contributed by atoms with Gasteiger partial charge in [-0.15, -0.1) is 0 Å². The van der Waals surface area contributed by atoms with Crippen molar-refractivity contribution in [1.82, 2.24) is 10.5 Å². The maximum Gasteiger partial charge on any atom is 0.276 e. The molecule has 0 spiro atoms. The molecule has 2 aromatic rings. The number of allylic oxidation sites excluding steroid dienone is 3. The van der Waals surface area contributed by atoms with E-state index in [1.54, 1.807) is 23.9 Å². The van der Waals surface area contributed by atoms with Crippen molar-refractivity contribution in [2.24, 2.45) is 0 Å². The van der Waals surface area contributed by atoms with Crippen molar-refractivity contribution in [3.63, 3.8) is 0 Å². The van der Waals surface area contributed by atoms with Crippen LogP contribution in [0.25, 0.3) is 11.1 Å². The number of aromatic amines is 1. The van der Waals surface area contributed by atoms with E-state index in [2.05, 4.69) is 4.98 Å². The summed E-state index contributed by atoms with van der Waals surface area (Å²) in [4.78, 5) is 25.1. The number of hydrogen-bond donors (Lipinski definition) is 4. The second kappa shape index (κ2) is 10.4. The zero-order chi connectivity index (χ0) is 20.0. The van der Waals surface area contributed by atoms with Gasteiger partial charge in [0.25, 0.3) is 5.91 Å². The fourth-order valence-electron chi connectivity index (χ4n) is 2.71. The molecule has 28 heavy (non-hydrogen) atoms. The van der Waals surface area contributed by atoms with Gasteiger partial charge in [0, 0.05) is 23.5 Å². The van der Waals surface area contributed by atoms with Crippen molar-refractivity contribution in [2.75, 3.05) is 6.61 Å². The molecule has 1 heterocycles. The van der Waals surface area contributed by atoms with Gasteiger partial charge in [-0.25, -0.2) is 5.48 Å². The molecule has 0 bridgehead atoms. The summed E-state index contributed by atoms with van der Waals surface area (Å²) in [7, 11) is 0. The van der Waals surface area contributed by atoms with Crippen LogP contribution in [0.1, 0.15) is 42.3 Å². The molecule has 1 amide bonds. The number of hydrogen-bond acceptors (Lipinski definition) is 4. The molecule has 0 unspecified atom stereocenters. The van der Waals surface area contributed by atoms with E-state index in [0.717, 1.165) is 16.7 Å². The molecule has 6 heteroatoms. The van der Waals surface area contributed by atoms with Crippen LogP contribution in [-0.2, 0) is 4.79 Å². The average molecular weight is 384 g/mol. The standard InChI is InChI=1S/C13H14N2O2.C8H10O2.CH4/c1-8-3-4-10(5-9(8)2)11-6-14-7-12(11)13(16)15-17;1-6-2-3-7(4-6)8(10)5-9;/h3-7,14,17H,1-2H3,(H,15,16);2-3,9H,4-5H2,1H3;1H4. The van der Waals surface area contributed by atoms with Crippen molar-refractivity contribution in [3.8, 4) is 11.1 Å². The van der Waals surface area contributed by atoms with Crippen LogP contribution in [0.2, 0.25) is 0 Å². The third-order valence-corrected chi connectivity index (χ3v) is 4.45. The van der Waals surface area contributed by atoms with Gasteiger partial charge >= 0.3 is 0 Å². The molecule has 6 nitrogen and oxygen atoms in total. The molecule has 0 fully saturated rings. The quantitative estimate of drug-likeness (QED) is 0.474. The molecule has 0 radical (unpaired) electrons. The Morgan fingerprint density at radius 1 is 1.11 bits per heavy atom. The van der Waals surface area contributed by atoms with E-state index < -0.39 is 5.91 Å². The first-order valence-electron chi connectivity index (χ1n) is 8.56. The Kier molecular flexibility index (Phi) is 8.57. The van der Waals surface area contributed by atoms with Crippen LogP contribution in [0, 0.1) is 13.8 Å². The van der Waals surface area contributed by atoms with E-state index >= 15 is 0 Å². The van der Waals surface area contributed by atoms with Crippen molar-refractivity contribution in [1.29, 1.82) is 0 Å². The number of carbonyl (C=O) groups excluding carboxylic acids is 2. The topological polar surface area (TPSA) is 102 Å². The summed E-state index contributed by atoms with van der Waals surface area (Å²) < 4.78 is 0. The summed E-state index contributed by atoms with van der Waals surface area (Å²) in [6, 6.07) is 5.99. The number of H-pyrrole nitrogens is 1. The van der Waals surface area contributed by atoms with Crippen molar-refractivity contribution in [3.05, 3.63) is 70.6 Å². The van der Waals surface area contributed by atoms with Gasteiger partial charge in [-0.3, -0.25) is 14.8 Å². The molecule has 150 valence electrons. The molecule has 1 aliphatic carbocycles. The Balaban J connectivity index is 0.000000307. The summed E-state index contributed by atoms with van der Waals surface area (Å²) >= 11 is 0. The van der Waals surface area contributed by atoms with Crippen molar-refractivity contribution >= 4 is 11.7 Å². The number of benzene rings is 1. The fourth-order valence-corrected chi connectivity index (χ4v) is 2.71. The number of carbonyl (C=O) groups is 2. The number of hydroxylamine groups is 1. The number of aromatic nitrogens is 1. The number of aliphatic hydroxyl groups is 1. The van der Waals surface area contributed by atoms with Crippen LogP contribution in [-0.4, -0.2) is 33.6 Å². The Bertz CT molecular complexity index is 907. The molecule has 0 saturated carbocycles. The van der Waals surface area contributed by atoms with E-state index in [9.17, 15) is 9.59 Å². The fraction of sp³-hybridized carbons (Fsp3) is 0.273. The maximum atomic E-state index is 11.4. The lowest BCUT2D eigenvalue weighted by molar-refractivity contribution is -0.118. The minimum absolute atomic E-state index is 0. The Labute approximate surface area is 165 Å². The molecule has 0 atom stereocenters. The van der Waals surface area contributed by atoms with Crippen LogP contribution in [0.3, 0.4) is 0 Å². The van der Waals surface area contributed by atoms with Gasteiger partial charge in [0.1, 0.15) is 6.61 Å².